The largest absolute Gasteiger partial charge is 0.496 e. The Balaban J connectivity index is 2.77. The van der Waals surface area contributed by atoms with E-state index in [1.54, 1.807) is 18.2 Å². The molecule has 0 bridgehead atoms. The van der Waals surface area contributed by atoms with Gasteiger partial charge in [-0.05, 0) is 24.1 Å². The van der Waals surface area contributed by atoms with Crippen molar-refractivity contribution >= 4 is 11.6 Å². The highest BCUT2D eigenvalue weighted by molar-refractivity contribution is 5.97. The van der Waals surface area contributed by atoms with Crippen LogP contribution in [0.15, 0.2) is 18.2 Å². The van der Waals surface area contributed by atoms with Gasteiger partial charge in [-0.2, -0.15) is 0 Å². The lowest BCUT2D eigenvalue weighted by atomic mass is 10.1. The van der Waals surface area contributed by atoms with Crippen LogP contribution in [-0.2, 0) is 0 Å². The third kappa shape index (κ3) is 3.64. The number of aliphatic hydroxyl groups excluding tert-OH is 1. The SMILES string of the molecule is COc1ccc(N)cc1C(=O)NCC(C)CO. The number of carbonyl (C=O) groups is 1. The van der Waals surface area contributed by atoms with E-state index in [0.717, 1.165) is 0 Å². The summed E-state index contributed by atoms with van der Waals surface area (Å²) < 4.78 is 5.09. The molecule has 5 nitrogen and oxygen atoms in total. The highest BCUT2D eigenvalue weighted by Gasteiger charge is 2.13. The van der Waals surface area contributed by atoms with Gasteiger partial charge in [0.1, 0.15) is 5.75 Å². The summed E-state index contributed by atoms with van der Waals surface area (Å²) in [7, 11) is 1.50. The van der Waals surface area contributed by atoms with E-state index in [4.69, 9.17) is 15.6 Å². The molecule has 0 spiro atoms. The molecule has 0 saturated heterocycles. The Morgan fingerprint density at radius 1 is 1.59 bits per heavy atom. The Hall–Kier alpha value is -1.75. The molecule has 1 rings (SSSR count). The molecular weight excluding hydrogens is 220 g/mol. The van der Waals surface area contributed by atoms with Crippen LogP contribution in [0.25, 0.3) is 0 Å². The standard InChI is InChI=1S/C12H18N2O3/c1-8(7-15)6-14-12(16)10-5-9(13)3-4-11(10)17-2/h3-5,8,15H,6-7,13H2,1-2H3,(H,14,16). The van der Waals surface area contributed by atoms with Crippen LogP contribution in [0.2, 0.25) is 0 Å². The average Bonchev–Trinajstić information content (AvgIpc) is 2.35. The van der Waals surface area contributed by atoms with E-state index in [1.807, 2.05) is 6.92 Å². The second-order valence-corrected chi connectivity index (χ2v) is 3.96. The molecule has 0 radical (unpaired) electrons. The molecule has 0 aromatic heterocycles. The molecule has 5 heteroatoms. The van der Waals surface area contributed by atoms with E-state index in [9.17, 15) is 4.79 Å². The fraction of sp³-hybridized carbons (Fsp3) is 0.417. The molecule has 0 heterocycles. The Morgan fingerprint density at radius 2 is 2.29 bits per heavy atom. The summed E-state index contributed by atoms with van der Waals surface area (Å²) in [6.45, 7) is 2.29. The van der Waals surface area contributed by atoms with Crippen molar-refractivity contribution in [2.45, 2.75) is 6.92 Å². The van der Waals surface area contributed by atoms with Crippen LogP contribution >= 0.6 is 0 Å². The summed E-state index contributed by atoms with van der Waals surface area (Å²) in [5, 5.41) is 11.6. The highest BCUT2D eigenvalue weighted by atomic mass is 16.5. The van der Waals surface area contributed by atoms with Gasteiger partial charge in [-0.25, -0.2) is 0 Å². The monoisotopic (exact) mass is 238 g/mol. The first-order valence-electron chi connectivity index (χ1n) is 5.41. The zero-order valence-electron chi connectivity index (χ0n) is 10.1. The number of benzene rings is 1. The van der Waals surface area contributed by atoms with Gasteiger partial charge in [-0.15, -0.1) is 0 Å². The van der Waals surface area contributed by atoms with Crippen molar-refractivity contribution in [1.82, 2.24) is 5.32 Å². The van der Waals surface area contributed by atoms with Crippen molar-refractivity contribution in [2.75, 3.05) is 26.0 Å². The van der Waals surface area contributed by atoms with Gasteiger partial charge >= 0.3 is 0 Å². The van der Waals surface area contributed by atoms with Crippen molar-refractivity contribution in [3.05, 3.63) is 23.8 Å². The van der Waals surface area contributed by atoms with Gasteiger partial charge in [0.15, 0.2) is 0 Å². The van der Waals surface area contributed by atoms with E-state index in [-0.39, 0.29) is 18.4 Å². The number of aliphatic hydroxyl groups is 1. The summed E-state index contributed by atoms with van der Waals surface area (Å²) in [5.41, 5.74) is 6.53. The lowest BCUT2D eigenvalue weighted by molar-refractivity contribution is 0.0939. The fourth-order valence-electron chi connectivity index (χ4n) is 1.33. The van der Waals surface area contributed by atoms with Gasteiger partial charge in [-0.1, -0.05) is 6.92 Å². The minimum absolute atomic E-state index is 0.0194. The minimum atomic E-state index is -0.255. The van der Waals surface area contributed by atoms with E-state index < -0.39 is 0 Å². The number of methoxy groups -OCH3 is 1. The van der Waals surface area contributed by atoms with E-state index >= 15 is 0 Å². The lowest BCUT2D eigenvalue weighted by Crippen LogP contribution is -2.29. The molecule has 1 unspecified atom stereocenters. The van der Waals surface area contributed by atoms with Gasteiger partial charge in [-0.3, -0.25) is 4.79 Å². The molecule has 17 heavy (non-hydrogen) atoms. The summed E-state index contributed by atoms with van der Waals surface area (Å²) in [4.78, 5) is 11.9. The molecule has 1 aromatic rings. The molecule has 0 aliphatic carbocycles. The number of nitrogens with two attached hydrogens (primary N) is 1. The highest BCUT2D eigenvalue weighted by Crippen LogP contribution is 2.20. The van der Waals surface area contributed by atoms with Crippen LogP contribution in [0.3, 0.4) is 0 Å². The second kappa shape index (κ2) is 6.10. The number of carbonyl (C=O) groups excluding carboxylic acids is 1. The number of amides is 1. The summed E-state index contributed by atoms with van der Waals surface area (Å²) >= 11 is 0. The van der Waals surface area contributed by atoms with Crippen LogP contribution in [0.4, 0.5) is 5.69 Å². The third-order valence-corrected chi connectivity index (χ3v) is 2.39. The van der Waals surface area contributed by atoms with Gasteiger partial charge in [0.05, 0.1) is 12.7 Å². The molecular formula is C12H18N2O3. The second-order valence-electron chi connectivity index (χ2n) is 3.96. The Kier molecular flexibility index (Phi) is 4.78. The zero-order valence-corrected chi connectivity index (χ0v) is 10.1. The van der Waals surface area contributed by atoms with Crippen molar-refractivity contribution in [3.63, 3.8) is 0 Å². The Bertz CT molecular complexity index is 393. The third-order valence-electron chi connectivity index (χ3n) is 2.39. The summed E-state index contributed by atoms with van der Waals surface area (Å²) in [5.74, 6) is 0.244. The van der Waals surface area contributed by atoms with Gasteiger partial charge in [0.25, 0.3) is 5.91 Å². The van der Waals surface area contributed by atoms with Crippen molar-refractivity contribution in [2.24, 2.45) is 5.92 Å². The Morgan fingerprint density at radius 3 is 2.88 bits per heavy atom. The number of anilines is 1. The van der Waals surface area contributed by atoms with Crippen molar-refractivity contribution < 1.29 is 14.6 Å². The van der Waals surface area contributed by atoms with Crippen LogP contribution < -0.4 is 15.8 Å². The predicted octanol–water partition coefficient (Wildman–Crippen LogP) is 0.636. The molecule has 94 valence electrons. The predicted molar refractivity (Wildman–Crippen MR) is 66.0 cm³/mol. The summed E-state index contributed by atoms with van der Waals surface area (Å²) in [6, 6.07) is 4.89. The average molecular weight is 238 g/mol. The Labute approximate surface area is 101 Å². The molecule has 1 amide bonds. The van der Waals surface area contributed by atoms with E-state index in [1.165, 1.54) is 7.11 Å². The summed E-state index contributed by atoms with van der Waals surface area (Å²) in [6.07, 6.45) is 0. The van der Waals surface area contributed by atoms with Crippen LogP contribution in [0.5, 0.6) is 5.75 Å². The quantitative estimate of drug-likeness (QED) is 0.657. The first-order valence-corrected chi connectivity index (χ1v) is 5.41. The van der Waals surface area contributed by atoms with Crippen LogP contribution in [-0.4, -0.2) is 31.3 Å². The number of ether oxygens (including phenoxy) is 1. The molecule has 0 fully saturated rings. The fourth-order valence-corrected chi connectivity index (χ4v) is 1.33. The smallest absolute Gasteiger partial charge is 0.255 e. The van der Waals surface area contributed by atoms with E-state index in [0.29, 0.717) is 23.5 Å². The first kappa shape index (κ1) is 13.3. The van der Waals surface area contributed by atoms with Crippen molar-refractivity contribution in [3.8, 4) is 5.75 Å². The molecule has 1 atom stereocenters. The first-order chi connectivity index (χ1) is 8.08. The number of nitrogens with one attached hydrogen (secondary N) is 1. The normalized spacial score (nSPS) is 11.9. The van der Waals surface area contributed by atoms with Crippen LogP contribution in [0.1, 0.15) is 17.3 Å². The molecule has 0 aliphatic rings. The lowest BCUT2D eigenvalue weighted by Gasteiger charge is -2.12. The topological polar surface area (TPSA) is 84.6 Å². The molecule has 4 N–H and O–H groups in total. The minimum Gasteiger partial charge on any atom is -0.496 e. The maximum atomic E-state index is 11.9. The maximum Gasteiger partial charge on any atom is 0.255 e. The number of hydrogen-bond donors (Lipinski definition) is 3. The van der Waals surface area contributed by atoms with Gasteiger partial charge in [0.2, 0.25) is 0 Å². The number of rotatable bonds is 5. The maximum absolute atomic E-state index is 11.9. The molecule has 1 aromatic carbocycles. The number of nitrogen functional groups attached to an aromatic ring is 1. The van der Waals surface area contributed by atoms with Crippen molar-refractivity contribution in [1.29, 1.82) is 0 Å². The molecule has 0 aliphatic heterocycles. The van der Waals surface area contributed by atoms with E-state index in [2.05, 4.69) is 5.32 Å². The van der Waals surface area contributed by atoms with Gasteiger partial charge < -0.3 is 20.9 Å². The molecule has 0 saturated carbocycles. The number of hydrogen-bond acceptors (Lipinski definition) is 4. The van der Waals surface area contributed by atoms with Crippen LogP contribution in [0, 0.1) is 5.92 Å². The van der Waals surface area contributed by atoms with Gasteiger partial charge in [0, 0.05) is 18.8 Å². The zero-order chi connectivity index (χ0) is 12.8.